The molecule has 2 N–H and O–H groups in total. The summed E-state index contributed by atoms with van der Waals surface area (Å²) in [4.78, 5) is 11.3. The molecule has 0 spiro atoms. The average molecular weight is 241 g/mol. The first-order valence-corrected chi connectivity index (χ1v) is 5.61. The Labute approximate surface area is 101 Å². The maximum atomic E-state index is 11.3. The zero-order chi connectivity index (χ0) is 12.5. The van der Waals surface area contributed by atoms with Gasteiger partial charge in [-0.1, -0.05) is 5.21 Å². The van der Waals surface area contributed by atoms with E-state index >= 15 is 0 Å². The first-order valence-electron chi connectivity index (χ1n) is 5.61. The van der Waals surface area contributed by atoms with E-state index in [2.05, 4.69) is 20.9 Å². The fourth-order valence-corrected chi connectivity index (χ4v) is 1.29. The summed E-state index contributed by atoms with van der Waals surface area (Å²) in [6.07, 6.45) is 1.76. The number of nitrogens with zero attached hydrogens (tertiary/aromatic N) is 3. The molecule has 1 rings (SSSR count). The Morgan fingerprint density at radius 2 is 2.41 bits per heavy atom. The summed E-state index contributed by atoms with van der Waals surface area (Å²) in [6, 6.07) is 0. The molecule has 1 aromatic heterocycles. The zero-order valence-corrected chi connectivity index (χ0v) is 10.3. The summed E-state index contributed by atoms with van der Waals surface area (Å²) in [5.41, 5.74) is 0.811. The molecular formula is C10H19N5O2. The van der Waals surface area contributed by atoms with E-state index in [9.17, 15) is 4.79 Å². The molecule has 96 valence electrons. The molecule has 0 unspecified atom stereocenters. The number of ether oxygens (including phenoxy) is 1. The van der Waals surface area contributed by atoms with Gasteiger partial charge in [0.2, 0.25) is 5.91 Å². The SMILES string of the molecule is CCNC(=O)Cn1cc(CNCCOC)nn1. The van der Waals surface area contributed by atoms with Gasteiger partial charge in [-0.2, -0.15) is 0 Å². The zero-order valence-electron chi connectivity index (χ0n) is 10.3. The predicted molar refractivity (Wildman–Crippen MR) is 62.3 cm³/mol. The quantitative estimate of drug-likeness (QED) is 0.579. The lowest BCUT2D eigenvalue weighted by atomic mass is 10.4. The highest BCUT2D eigenvalue weighted by molar-refractivity contribution is 5.75. The number of aromatic nitrogens is 3. The van der Waals surface area contributed by atoms with Crippen molar-refractivity contribution in [1.82, 2.24) is 25.6 Å². The molecule has 0 saturated heterocycles. The second-order valence-corrected chi connectivity index (χ2v) is 3.53. The maximum Gasteiger partial charge on any atom is 0.241 e. The van der Waals surface area contributed by atoms with Gasteiger partial charge in [-0.15, -0.1) is 5.10 Å². The van der Waals surface area contributed by atoms with E-state index in [0.717, 1.165) is 12.2 Å². The highest BCUT2D eigenvalue weighted by Crippen LogP contribution is 1.92. The van der Waals surface area contributed by atoms with E-state index in [0.29, 0.717) is 19.7 Å². The van der Waals surface area contributed by atoms with Crippen molar-refractivity contribution in [3.05, 3.63) is 11.9 Å². The largest absolute Gasteiger partial charge is 0.383 e. The molecule has 0 atom stereocenters. The lowest BCUT2D eigenvalue weighted by molar-refractivity contribution is -0.121. The van der Waals surface area contributed by atoms with Gasteiger partial charge in [-0.25, -0.2) is 4.68 Å². The number of carbonyl (C=O) groups is 1. The molecule has 17 heavy (non-hydrogen) atoms. The van der Waals surface area contributed by atoms with Crippen LogP contribution in [0.25, 0.3) is 0 Å². The van der Waals surface area contributed by atoms with E-state index in [1.165, 1.54) is 4.68 Å². The van der Waals surface area contributed by atoms with Gasteiger partial charge >= 0.3 is 0 Å². The number of carbonyl (C=O) groups excluding carboxylic acids is 1. The van der Waals surface area contributed by atoms with Crippen LogP contribution in [0.15, 0.2) is 6.20 Å². The van der Waals surface area contributed by atoms with Crippen LogP contribution in [0.5, 0.6) is 0 Å². The first-order chi connectivity index (χ1) is 8.26. The third kappa shape index (κ3) is 5.41. The van der Waals surface area contributed by atoms with Gasteiger partial charge in [0, 0.05) is 26.7 Å². The maximum absolute atomic E-state index is 11.3. The van der Waals surface area contributed by atoms with Crippen LogP contribution in [0.4, 0.5) is 0 Å². The molecular weight excluding hydrogens is 222 g/mol. The molecule has 0 aromatic carbocycles. The Kier molecular flexibility index (Phi) is 6.19. The predicted octanol–water partition coefficient (Wildman–Crippen LogP) is -0.850. The Morgan fingerprint density at radius 3 is 3.12 bits per heavy atom. The lowest BCUT2D eigenvalue weighted by Crippen LogP contribution is -2.27. The van der Waals surface area contributed by atoms with Crippen LogP contribution < -0.4 is 10.6 Å². The minimum absolute atomic E-state index is 0.0590. The molecule has 1 heterocycles. The Bertz CT molecular complexity index is 339. The van der Waals surface area contributed by atoms with Gasteiger partial charge in [-0.3, -0.25) is 4.79 Å². The molecule has 0 aliphatic rings. The van der Waals surface area contributed by atoms with E-state index in [-0.39, 0.29) is 12.5 Å². The summed E-state index contributed by atoms with van der Waals surface area (Å²) >= 11 is 0. The molecule has 0 aliphatic heterocycles. The van der Waals surface area contributed by atoms with Crippen LogP contribution in [-0.4, -0.2) is 47.7 Å². The fraction of sp³-hybridized carbons (Fsp3) is 0.700. The number of hydrogen-bond donors (Lipinski definition) is 2. The molecule has 1 amide bonds. The highest BCUT2D eigenvalue weighted by atomic mass is 16.5. The normalized spacial score (nSPS) is 10.5. The van der Waals surface area contributed by atoms with Gasteiger partial charge < -0.3 is 15.4 Å². The van der Waals surface area contributed by atoms with Crippen molar-refractivity contribution in [2.45, 2.75) is 20.0 Å². The molecule has 7 heteroatoms. The van der Waals surface area contributed by atoms with Crippen molar-refractivity contribution in [2.75, 3.05) is 26.8 Å². The second kappa shape index (κ2) is 7.75. The van der Waals surface area contributed by atoms with Gasteiger partial charge in [0.15, 0.2) is 0 Å². The molecule has 0 bridgehead atoms. The molecule has 0 radical (unpaired) electrons. The smallest absolute Gasteiger partial charge is 0.241 e. The number of amides is 1. The van der Waals surface area contributed by atoms with Crippen molar-refractivity contribution in [3.63, 3.8) is 0 Å². The molecule has 1 aromatic rings. The van der Waals surface area contributed by atoms with Crippen molar-refractivity contribution in [1.29, 1.82) is 0 Å². The third-order valence-electron chi connectivity index (χ3n) is 2.05. The van der Waals surface area contributed by atoms with Crippen LogP contribution in [0, 0.1) is 0 Å². The number of rotatable bonds is 8. The van der Waals surface area contributed by atoms with E-state index in [1.54, 1.807) is 13.3 Å². The lowest BCUT2D eigenvalue weighted by Gasteiger charge is -2.01. The number of likely N-dealkylation sites (N-methyl/N-ethyl adjacent to an activating group) is 1. The van der Waals surface area contributed by atoms with Gasteiger partial charge in [-0.05, 0) is 6.92 Å². The molecule has 0 fully saturated rings. The monoisotopic (exact) mass is 241 g/mol. The first kappa shape index (κ1) is 13.6. The number of methoxy groups -OCH3 is 1. The topological polar surface area (TPSA) is 81.1 Å². The molecule has 0 aliphatic carbocycles. The number of hydrogen-bond acceptors (Lipinski definition) is 5. The molecule has 7 nitrogen and oxygen atoms in total. The number of nitrogens with one attached hydrogen (secondary N) is 2. The van der Waals surface area contributed by atoms with Gasteiger partial charge in [0.1, 0.15) is 6.54 Å². The highest BCUT2D eigenvalue weighted by Gasteiger charge is 2.04. The summed E-state index contributed by atoms with van der Waals surface area (Å²) < 4.78 is 6.43. The second-order valence-electron chi connectivity index (χ2n) is 3.53. The standard InChI is InChI=1S/C10H19N5O2/c1-3-12-10(16)8-15-7-9(13-14-15)6-11-4-5-17-2/h7,11H,3-6,8H2,1-2H3,(H,12,16). The summed E-state index contributed by atoms with van der Waals surface area (Å²) in [7, 11) is 1.66. The minimum Gasteiger partial charge on any atom is -0.383 e. The summed E-state index contributed by atoms with van der Waals surface area (Å²) in [5.74, 6) is -0.0590. The minimum atomic E-state index is -0.0590. The Morgan fingerprint density at radius 1 is 1.59 bits per heavy atom. The van der Waals surface area contributed by atoms with Crippen LogP contribution in [0.2, 0.25) is 0 Å². The van der Waals surface area contributed by atoms with Gasteiger partial charge in [0.05, 0.1) is 18.5 Å². The Hall–Kier alpha value is -1.47. The van der Waals surface area contributed by atoms with E-state index in [4.69, 9.17) is 4.74 Å². The molecule has 0 saturated carbocycles. The van der Waals surface area contributed by atoms with Gasteiger partial charge in [0.25, 0.3) is 0 Å². The van der Waals surface area contributed by atoms with Crippen molar-refractivity contribution < 1.29 is 9.53 Å². The van der Waals surface area contributed by atoms with E-state index < -0.39 is 0 Å². The summed E-state index contributed by atoms with van der Waals surface area (Å²) in [6.45, 7) is 4.76. The van der Waals surface area contributed by atoms with Crippen molar-refractivity contribution >= 4 is 5.91 Å². The van der Waals surface area contributed by atoms with Crippen molar-refractivity contribution in [2.24, 2.45) is 0 Å². The summed E-state index contributed by atoms with van der Waals surface area (Å²) in [5, 5.41) is 13.7. The average Bonchev–Trinajstić information content (AvgIpc) is 2.72. The van der Waals surface area contributed by atoms with Crippen LogP contribution >= 0.6 is 0 Å². The van der Waals surface area contributed by atoms with Crippen LogP contribution in [-0.2, 0) is 22.6 Å². The fourth-order valence-electron chi connectivity index (χ4n) is 1.29. The van der Waals surface area contributed by atoms with Crippen molar-refractivity contribution in [3.8, 4) is 0 Å². The van der Waals surface area contributed by atoms with Crippen LogP contribution in [0.1, 0.15) is 12.6 Å². The third-order valence-corrected chi connectivity index (χ3v) is 2.05. The van der Waals surface area contributed by atoms with Crippen LogP contribution in [0.3, 0.4) is 0 Å². The van der Waals surface area contributed by atoms with E-state index in [1.807, 2.05) is 6.92 Å². The Balaban J connectivity index is 2.29.